The summed E-state index contributed by atoms with van der Waals surface area (Å²) in [7, 11) is 0. The Morgan fingerprint density at radius 1 is 0.553 bits per heavy atom. The summed E-state index contributed by atoms with van der Waals surface area (Å²) in [5.41, 5.74) is 2.77. The van der Waals surface area contributed by atoms with E-state index in [1.165, 1.54) is 4.90 Å². The fourth-order valence-electron chi connectivity index (χ4n) is 4.63. The number of halogens is 1. The zero-order valence-corrected chi connectivity index (χ0v) is 22.0. The molecule has 8 heteroatoms. The highest BCUT2D eigenvalue weighted by atomic mass is 79.9. The average molecular weight is 586 g/mol. The molecule has 1 heterocycles. The van der Waals surface area contributed by atoms with Crippen LogP contribution in [0.4, 0.5) is 17.1 Å². The van der Waals surface area contributed by atoms with Crippen LogP contribution in [0.2, 0.25) is 0 Å². The average Bonchev–Trinajstić information content (AvgIpc) is 3.33. The Bertz CT molecular complexity index is 1810. The molecule has 0 radical (unpaired) electrons. The van der Waals surface area contributed by atoms with Crippen LogP contribution in [-0.2, 0) is 0 Å². The number of phenols is 5. The normalized spacial score (nSPS) is 11.3. The van der Waals surface area contributed by atoms with Gasteiger partial charge >= 0.3 is 0 Å². The van der Waals surface area contributed by atoms with Gasteiger partial charge in [0.1, 0.15) is 5.69 Å². The molecule has 188 valence electrons. The van der Waals surface area contributed by atoms with Crippen LogP contribution < -0.4 is 4.90 Å². The Balaban J connectivity index is 1.62. The molecule has 0 spiro atoms. The molecule has 0 amide bonds. The maximum absolute atomic E-state index is 10.9. The molecule has 0 atom stereocenters. The van der Waals surface area contributed by atoms with E-state index in [1.807, 2.05) is 91.0 Å². The van der Waals surface area contributed by atoms with Gasteiger partial charge in [0, 0.05) is 36.0 Å². The van der Waals surface area contributed by atoms with E-state index in [0.717, 1.165) is 35.8 Å². The summed E-state index contributed by atoms with van der Waals surface area (Å²) in [4.78, 5) is 1.52. The van der Waals surface area contributed by atoms with E-state index in [2.05, 4.69) is 15.9 Å². The zero-order valence-electron chi connectivity index (χ0n) is 19.6. The van der Waals surface area contributed by atoms with E-state index >= 15 is 0 Å². The predicted octanol–water partition coefficient (Wildman–Crippen LogP) is 8.48. The highest BCUT2D eigenvalue weighted by molar-refractivity contribution is 9.10. The number of fused-ring (bicyclic) bond motifs is 3. The molecule has 0 unspecified atom stereocenters. The Hall–Kier alpha value is -4.40. The predicted molar refractivity (Wildman–Crippen MR) is 155 cm³/mol. The second-order valence-electron chi connectivity index (χ2n) is 8.74. The number of phenolic OH excluding ortho intramolecular Hbond substituents is 5. The summed E-state index contributed by atoms with van der Waals surface area (Å²) in [5.74, 6) is -4.46. The largest absolute Gasteiger partial charge is 0.503 e. The first kappa shape index (κ1) is 24.0. The van der Waals surface area contributed by atoms with Crippen molar-refractivity contribution in [3.05, 3.63) is 95.5 Å². The molecular formula is C30H20BrNO5S. The van der Waals surface area contributed by atoms with Crippen LogP contribution in [-0.4, -0.2) is 25.5 Å². The molecule has 38 heavy (non-hydrogen) atoms. The molecule has 0 aliphatic carbocycles. The van der Waals surface area contributed by atoms with Gasteiger partial charge in [-0.1, -0.05) is 60.7 Å². The Kier molecular flexibility index (Phi) is 5.78. The van der Waals surface area contributed by atoms with Crippen molar-refractivity contribution in [1.29, 1.82) is 0 Å². The molecule has 0 bridgehead atoms. The quantitative estimate of drug-likeness (QED) is 0.105. The van der Waals surface area contributed by atoms with Gasteiger partial charge in [-0.05, 0) is 57.4 Å². The summed E-state index contributed by atoms with van der Waals surface area (Å²) in [6, 6.07) is 29.0. The zero-order chi connectivity index (χ0) is 26.6. The van der Waals surface area contributed by atoms with Gasteiger partial charge in [0.15, 0.2) is 11.5 Å². The number of aromatic hydroxyl groups is 5. The number of rotatable bonds is 4. The summed E-state index contributed by atoms with van der Waals surface area (Å²) in [5, 5.41) is 54.5. The van der Waals surface area contributed by atoms with E-state index in [1.54, 1.807) is 11.3 Å². The highest BCUT2D eigenvalue weighted by Gasteiger charge is 2.29. The molecule has 1 aromatic heterocycles. The lowest BCUT2D eigenvalue weighted by Crippen LogP contribution is -2.11. The number of hydrogen-bond acceptors (Lipinski definition) is 7. The van der Waals surface area contributed by atoms with Crippen molar-refractivity contribution in [2.24, 2.45) is 0 Å². The van der Waals surface area contributed by atoms with Crippen molar-refractivity contribution in [1.82, 2.24) is 0 Å². The number of benzene rings is 5. The van der Waals surface area contributed by atoms with E-state index in [4.69, 9.17) is 0 Å². The van der Waals surface area contributed by atoms with Gasteiger partial charge in [-0.3, -0.25) is 0 Å². The number of nitrogens with zero attached hydrogens (tertiary/aromatic N) is 1. The molecule has 6 aromatic rings. The van der Waals surface area contributed by atoms with Gasteiger partial charge < -0.3 is 30.4 Å². The van der Waals surface area contributed by atoms with E-state index in [0.29, 0.717) is 11.4 Å². The summed E-state index contributed by atoms with van der Waals surface area (Å²) in [6.45, 7) is 0. The lowest BCUT2D eigenvalue weighted by Gasteiger charge is -2.28. The SMILES string of the molecule is Oc1c(O)c(O)c(N(c2ccc(-c3ccccc3)cc2)c2cc(Br)c3sc4ccccc4c3c2)c(O)c1O. The van der Waals surface area contributed by atoms with Crippen molar-refractivity contribution in [2.45, 2.75) is 0 Å². The Labute approximate surface area is 229 Å². The number of thiophene rings is 1. The lowest BCUT2D eigenvalue weighted by atomic mass is 10.0. The van der Waals surface area contributed by atoms with Crippen LogP contribution in [0.1, 0.15) is 0 Å². The van der Waals surface area contributed by atoms with Crippen LogP contribution in [0, 0.1) is 0 Å². The lowest BCUT2D eigenvalue weighted by molar-refractivity contribution is 0.329. The Morgan fingerprint density at radius 3 is 1.82 bits per heavy atom. The van der Waals surface area contributed by atoms with Crippen molar-refractivity contribution >= 4 is 64.5 Å². The summed E-state index contributed by atoms with van der Waals surface area (Å²) >= 11 is 5.31. The topological polar surface area (TPSA) is 104 Å². The molecule has 0 aliphatic rings. The van der Waals surface area contributed by atoms with Crippen molar-refractivity contribution in [3.63, 3.8) is 0 Å². The summed E-state index contributed by atoms with van der Waals surface area (Å²) in [6.07, 6.45) is 0. The molecule has 0 saturated carbocycles. The smallest absolute Gasteiger partial charge is 0.208 e. The fraction of sp³-hybridized carbons (Fsp3) is 0. The van der Waals surface area contributed by atoms with Gasteiger partial charge in [-0.2, -0.15) is 0 Å². The second kappa shape index (κ2) is 9.16. The van der Waals surface area contributed by atoms with E-state index in [9.17, 15) is 25.5 Å². The fourth-order valence-corrected chi connectivity index (χ4v) is 6.41. The summed E-state index contributed by atoms with van der Waals surface area (Å²) < 4.78 is 2.92. The van der Waals surface area contributed by atoms with Gasteiger partial charge in [-0.25, -0.2) is 0 Å². The van der Waals surface area contributed by atoms with Crippen LogP contribution >= 0.6 is 27.3 Å². The number of anilines is 3. The molecule has 5 aromatic carbocycles. The second-order valence-corrected chi connectivity index (χ2v) is 10.6. The minimum absolute atomic E-state index is 0.281. The monoisotopic (exact) mass is 585 g/mol. The van der Waals surface area contributed by atoms with Crippen molar-refractivity contribution in [2.75, 3.05) is 4.90 Å². The third kappa shape index (κ3) is 3.77. The van der Waals surface area contributed by atoms with Gasteiger partial charge in [-0.15, -0.1) is 11.3 Å². The first-order chi connectivity index (χ1) is 18.3. The number of hydrogen-bond donors (Lipinski definition) is 5. The Morgan fingerprint density at radius 2 is 1.13 bits per heavy atom. The van der Waals surface area contributed by atoms with Gasteiger partial charge in [0.25, 0.3) is 0 Å². The maximum Gasteiger partial charge on any atom is 0.208 e. The van der Waals surface area contributed by atoms with E-state index < -0.39 is 28.7 Å². The van der Waals surface area contributed by atoms with E-state index in [-0.39, 0.29) is 5.69 Å². The van der Waals surface area contributed by atoms with Gasteiger partial charge in [0.05, 0.1) is 0 Å². The van der Waals surface area contributed by atoms with Gasteiger partial charge in [0.2, 0.25) is 17.2 Å². The maximum atomic E-state index is 10.9. The minimum Gasteiger partial charge on any atom is -0.503 e. The standard InChI is InChI=1S/C30H20BrNO5S/c31-22-15-19(14-21-20-8-4-5-9-23(20)38-30(21)22)32(24-25(33)27(35)29(37)28(36)26(24)34)18-12-10-17(11-13-18)16-6-2-1-3-7-16/h1-15,33-37H. The minimum atomic E-state index is -1.01. The molecule has 5 N–H and O–H groups in total. The molecule has 0 fully saturated rings. The molecule has 0 saturated heterocycles. The first-order valence-corrected chi connectivity index (χ1v) is 13.2. The first-order valence-electron chi connectivity index (χ1n) is 11.6. The van der Waals surface area contributed by atoms with Crippen LogP contribution in [0.5, 0.6) is 28.7 Å². The third-order valence-electron chi connectivity index (χ3n) is 6.48. The molecule has 6 nitrogen and oxygen atoms in total. The van der Waals surface area contributed by atoms with Crippen molar-refractivity contribution < 1.29 is 25.5 Å². The highest BCUT2D eigenvalue weighted by Crippen LogP contribution is 2.58. The van der Waals surface area contributed by atoms with Crippen LogP contribution in [0.25, 0.3) is 31.3 Å². The molecule has 6 rings (SSSR count). The third-order valence-corrected chi connectivity index (χ3v) is 8.59. The van der Waals surface area contributed by atoms with Crippen LogP contribution in [0.3, 0.4) is 0 Å². The van der Waals surface area contributed by atoms with Crippen molar-refractivity contribution in [3.8, 4) is 39.9 Å². The molecular weight excluding hydrogens is 566 g/mol. The van der Waals surface area contributed by atoms with Crippen LogP contribution in [0.15, 0.2) is 95.5 Å². The molecule has 0 aliphatic heterocycles.